The van der Waals surface area contributed by atoms with Gasteiger partial charge in [-0.3, -0.25) is 4.79 Å². The third-order valence-corrected chi connectivity index (χ3v) is 16.0. The Morgan fingerprint density at radius 1 is 0.903 bits per heavy atom. The molecule has 1 saturated heterocycles. The Morgan fingerprint density at radius 3 is 1.97 bits per heavy atom. The highest BCUT2D eigenvalue weighted by molar-refractivity contribution is 6.74. The Bertz CT molecular complexity index is 735. The molecule has 0 radical (unpaired) electrons. The van der Waals surface area contributed by atoms with E-state index in [-0.39, 0.29) is 22.5 Å². The molecule has 1 aromatic rings. The summed E-state index contributed by atoms with van der Waals surface area (Å²) in [5.74, 6) is -0.0680. The van der Waals surface area contributed by atoms with Crippen molar-refractivity contribution in [2.24, 2.45) is 0 Å². The van der Waals surface area contributed by atoms with E-state index < -0.39 is 35.1 Å². The zero-order chi connectivity index (χ0) is 23.7. The van der Waals surface area contributed by atoms with Crippen LogP contribution in [0.3, 0.4) is 0 Å². The van der Waals surface area contributed by atoms with Gasteiger partial charge in [0.2, 0.25) is 0 Å². The molecule has 3 atom stereocenters. The van der Waals surface area contributed by atoms with E-state index in [0.717, 1.165) is 5.56 Å². The van der Waals surface area contributed by atoms with Gasteiger partial charge in [-0.2, -0.15) is 0 Å². The van der Waals surface area contributed by atoms with Gasteiger partial charge < -0.3 is 18.3 Å². The molecule has 2 rings (SSSR count). The van der Waals surface area contributed by atoms with Gasteiger partial charge in [-0.15, -0.1) is 0 Å². The fraction of sp³-hybridized carbons (Fsp3) is 0.708. The molecule has 1 heterocycles. The second kappa shape index (κ2) is 9.57. The first-order chi connectivity index (χ1) is 14.1. The van der Waals surface area contributed by atoms with Gasteiger partial charge in [0, 0.05) is 0 Å². The highest BCUT2D eigenvalue weighted by Crippen LogP contribution is 2.40. The largest absolute Gasteiger partial charge is 0.414 e. The number of rotatable bonds is 8. The Labute approximate surface area is 191 Å². The van der Waals surface area contributed by atoms with Crippen LogP contribution >= 0.6 is 0 Å². The molecule has 0 amide bonds. The number of hydrogen-bond donors (Lipinski definition) is 0. The lowest BCUT2D eigenvalue weighted by atomic mass is 10.2. The van der Waals surface area contributed by atoms with Crippen LogP contribution in [0.2, 0.25) is 36.3 Å². The highest BCUT2D eigenvalue weighted by atomic mass is 28.4. The summed E-state index contributed by atoms with van der Waals surface area (Å²) >= 11 is 0. The molecule has 0 spiro atoms. The summed E-state index contributed by atoms with van der Waals surface area (Å²) in [6.07, 6.45) is -2.11. The minimum atomic E-state index is -2.19. The van der Waals surface area contributed by atoms with Crippen LogP contribution in [-0.4, -0.2) is 47.5 Å². The molecule has 31 heavy (non-hydrogen) atoms. The molecule has 1 fully saturated rings. The molecule has 0 unspecified atom stereocenters. The van der Waals surface area contributed by atoms with Gasteiger partial charge in [-0.1, -0.05) is 71.9 Å². The fourth-order valence-corrected chi connectivity index (χ4v) is 4.94. The first-order valence-corrected chi connectivity index (χ1v) is 17.0. The Kier molecular flexibility index (Phi) is 8.16. The molecule has 5 nitrogen and oxygen atoms in total. The van der Waals surface area contributed by atoms with Gasteiger partial charge in [0.1, 0.15) is 6.10 Å². The standard InChI is InChI=1S/C24H42O5Si2/c1-23(2,3)30(7,8)27-17-19-20(25)21(29-31(9,10)24(4,5)6)22(28-19)26-16-18-14-12-11-13-15-18/h11-15,19,21-22H,16-17H2,1-10H3/t19-,21-,22-/m1/s1. The van der Waals surface area contributed by atoms with Crippen molar-refractivity contribution in [3.05, 3.63) is 35.9 Å². The summed E-state index contributed by atoms with van der Waals surface area (Å²) in [6, 6.07) is 9.91. The lowest BCUT2D eigenvalue weighted by molar-refractivity contribution is -0.172. The summed E-state index contributed by atoms with van der Waals surface area (Å²) in [5, 5.41) is 0.0435. The monoisotopic (exact) mass is 466 g/mol. The van der Waals surface area contributed by atoms with Crippen molar-refractivity contribution in [1.29, 1.82) is 0 Å². The van der Waals surface area contributed by atoms with Gasteiger partial charge in [0.15, 0.2) is 34.8 Å². The maximum atomic E-state index is 13.3. The number of hydrogen-bond acceptors (Lipinski definition) is 5. The minimum absolute atomic E-state index is 0.0208. The van der Waals surface area contributed by atoms with E-state index in [1.54, 1.807) is 0 Å². The molecular weight excluding hydrogens is 424 g/mol. The molecule has 0 bridgehead atoms. The lowest BCUT2D eigenvalue weighted by Gasteiger charge is -2.38. The van der Waals surface area contributed by atoms with Crippen LogP contribution < -0.4 is 0 Å². The molecule has 1 aromatic carbocycles. The predicted octanol–water partition coefficient (Wildman–Crippen LogP) is 5.91. The summed E-state index contributed by atoms with van der Waals surface area (Å²) in [7, 11) is -4.19. The third kappa shape index (κ3) is 6.59. The second-order valence-electron chi connectivity index (χ2n) is 11.6. The minimum Gasteiger partial charge on any atom is -0.414 e. The van der Waals surface area contributed by atoms with E-state index in [9.17, 15) is 4.79 Å². The van der Waals surface area contributed by atoms with Crippen LogP contribution in [0.5, 0.6) is 0 Å². The molecular formula is C24H42O5Si2. The van der Waals surface area contributed by atoms with Gasteiger partial charge >= 0.3 is 0 Å². The van der Waals surface area contributed by atoms with Gasteiger partial charge in [-0.25, -0.2) is 0 Å². The summed E-state index contributed by atoms with van der Waals surface area (Å²) in [5.41, 5.74) is 1.03. The second-order valence-corrected chi connectivity index (χ2v) is 21.1. The lowest BCUT2D eigenvalue weighted by Crippen LogP contribution is -2.49. The zero-order valence-electron chi connectivity index (χ0n) is 21.1. The molecule has 1 aliphatic rings. The Balaban J connectivity index is 2.16. The van der Waals surface area contributed by atoms with E-state index in [4.69, 9.17) is 18.3 Å². The highest BCUT2D eigenvalue weighted by Gasteiger charge is 2.51. The van der Waals surface area contributed by atoms with Crippen LogP contribution in [-0.2, 0) is 29.7 Å². The van der Waals surface area contributed by atoms with Crippen LogP contribution in [0.1, 0.15) is 47.1 Å². The Hall–Kier alpha value is -0.836. The van der Waals surface area contributed by atoms with Crippen molar-refractivity contribution < 1.29 is 23.1 Å². The van der Waals surface area contributed by atoms with Crippen molar-refractivity contribution in [3.63, 3.8) is 0 Å². The van der Waals surface area contributed by atoms with E-state index in [2.05, 4.69) is 67.7 Å². The topological polar surface area (TPSA) is 54.0 Å². The fourth-order valence-electron chi connectivity index (χ4n) is 2.73. The first-order valence-electron chi connectivity index (χ1n) is 11.2. The Morgan fingerprint density at radius 2 is 1.45 bits per heavy atom. The third-order valence-electron chi connectivity index (χ3n) is 7.03. The van der Waals surface area contributed by atoms with E-state index in [1.165, 1.54) is 0 Å². The summed E-state index contributed by atoms with van der Waals surface area (Å²) in [4.78, 5) is 13.3. The van der Waals surface area contributed by atoms with Gasteiger partial charge in [-0.05, 0) is 41.8 Å². The first kappa shape index (κ1) is 26.4. The molecule has 0 N–H and O–H groups in total. The van der Waals surface area contributed by atoms with Crippen LogP contribution in [0.25, 0.3) is 0 Å². The maximum absolute atomic E-state index is 13.3. The molecule has 0 saturated carbocycles. The van der Waals surface area contributed by atoms with Crippen molar-refractivity contribution in [2.45, 2.75) is 103 Å². The number of ketones is 1. The quantitative estimate of drug-likeness (QED) is 0.446. The predicted molar refractivity (Wildman–Crippen MR) is 130 cm³/mol. The SMILES string of the molecule is CC(C)(C)[Si](C)(C)OC[C@H]1O[C@@H](OCc2ccccc2)[C@H](O[Si](C)(C)C(C)(C)C)C1=O. The number of benzene rings is 1. The number of Topliss-reactive ketones (excluding diaryl/α,β-unsaturated/α-hetero) is 1. The molecule has 0 aliphatic carbocycles. The maximum Gasteiger partial charge on any atom is 0.196 e. The molecule has 7 heteroatoms. The number of carbonyl (C=O) groups is 1. The van der Waals surface area contributed by atoms with Gasteiger partial charge in [0.25, 0.3) is 0 Å². The normalized spacial score (nSPS) is 23.4. The van der Waals surface area contributed by atoms with Crippen molar-refractivity contribution in [1.82, 2.24) is 0 Å². The summed E-state index contributed by atoms with van der Waals surface area (Å²) < 4.78 is 25.0. The zero-order valence-corrected chi connectivity index (χ0v) is 23.1. The van der Waals surface area contributed by atoms with Gasteiger partial charge in [0.05, 0.1) is 13.2 Å². The summed E-state index contributed by atoms with van der Waals surface area (Å²) in [6.45, 7) is 22.3. The van der Waals surface area contributed by atoms with E-state index >= 15 is 0 Å². The molecule has 176 valence electrons. The van der Waals surface area contributed by atoms with Crippen molar-refractivity contribution in [3.8, 4) is 0 Å². The number of ether oxygens (including phenoxy) is 2. The molecule has 0 aromatic heterocycles. The van der Waals surface area contributed by atoms with Crippen LogP contribution in [0.4, 0.5) is 0 Å². The van der Waals surface area contributed by atoms with E-state index in [0.29, 0.717) is 6.61 Å². The molecule has 1 aliphatic heterocycles. The average molecular weight is 467 g/mol. The smallest absolute Gasteiger partial charge is 0.196 e. The van der Waals surface area contributed by atoms with E-state index in [1.807, 2.05) is 30.3 Å². The van der Waals surface area contributed by atoms with Crippen molar-refractivity contribution in [2.75, 3.05) is 6.61 Å². The van der Waals surface area contributed by atoms with Crippen molar-refractivity contribution >= 4 is 22.4 Å². The van der Waals surface area contributed by atoms with Crippen LogP contribution in [0, 0.1) is 0 Å². The average Bonchev–Trinajstić information content (AvgIpc) is 2.92. The van der Waals surface area contributed by atoms with Crippen LogP contribution in [0.15, 0.2) is 30.3 Å². The number of carbonyl (C=O) groups excluding carboxylic acids is 1.